The van der Waals surface area contributed by atoms with E-state index in [1.165, 1.54) is 32.6 Å². The SMILES string of the molecule is Fc1ccc(C(=S)c2ccccc2)c(F)[c]1[Ti]. The van der Waals surface area contributed by atoms with Crippen LogP contribution in [0.5, 0.6) is 0 Å². The molecule has 2 aromatic carbocycles. The van der Waals surface area contributed by atoms with Crippen molar-refractivity contribution in [1.82, 2.24) is 0 Å². The summed E-state index contributed by atoms with van der Waals surface area (Å²) < 4.78 is 27.0. The second-order valence-electron chi connectivity index (χ2n) is 3.48. The Hall–Kier alpha value is -0.896. The molecule has 0 aliphatic rings. The summed E-state index contributed by atoms with van der Waals surface area (Å²) in [6.45, 7) is 0. The number of rotatable bonds is 2. The molecule has 0 aromatic heterocycles. The van der Waals surface area contributed by atoms with Crippen LogP contribution in [0.4, 0.5) is 8.78 Å². The normalized spacial score (nSPS) is 10.2. The van der Waals surface area contributed by atoms with E-state index in [4.69, 9.17) is 12.2 Å². The molecule has 0 bridgehead atoms. The Bertz CT molecular complexity index is 567. The van der Waals surface area contributed by atoms with Crippen molar-refractivity contribution in [3.8, 4) is 0 Å². The molecular weight excluding hydrogens is 274 g/mol. The van der Waals surface area contributed by atoms with Gasteiger partial charge in [-0.3, -0.25) is 0 Å². The molecule has 0 unspecified atom stereocenters. The Kier molecular flexibility index (Phi) is 3.82. The van der Waals surface area contributed by atoms with Crippen LogP contribution >= 0.6 is 12.2 Å². The first-order valence-electron chi connectivity index (χ1n) is 4.90. The van der Waals surface area contributed by atoms with E-state index in [0.29, 0.717) is 4.86 Å². The summed E-state index contributed by atoms with van der Waals surface area (Å²) in [5, 5.41) is 0. The zero-order chi connectivity index (χ0) is 12.4. The molecule has 0 aliphatic heterocycles. The van der Waals surface area contributed by atoms with Gasteiger partial charge in [-0.15, -0.1) is 0 Å². The van der Waals surface area contributed by atoms with E-state index < -0.39 is 11.6 Å². The topological polar surface area (TPSA) is 0 Å². The Balaban J connectivity index is 2.49. The first-order valence-corrected chi connectivity index (χ1v) is 6.09. The van der Waals surface area contributed by atoms with Gasteiger partial charge >= 0.3 is 115 Å². The first kappa shape index (κ1) is 12.6. The van der Waals surface area contributed by atoms with Crippen LogP contribution in [0.3, 0.4) is 0 Å². The summed E-state index contributed by atoms with van der Waals surface area (Å²) in [7, 11) is 0. The van der Waals surface area contributed by atoms with E-state index in [9.17, 15) is 8.78 Å². The second kappa shape index (κ2) is 5.17. The predicted octanol–water partition coefficient (Wildman–Crippen LogP) is 2.90. The van der Waals surface area contributed by atoms with Gasteiger partial charge in [0.2, 0.25) is 0 Å². The van der Waals surface area contributed by atoms with Crippen molar-refractivity contribution in [1.29, 1.82) is 0 Å². The molecule has 0 N–H and O–H groups in total. The minimum absolute atomic E-state index is 0.000723. The second-order valence-corrected chi connectivity index (χ2v) is 4.67. The van der Waals surface area contributed by atoms with E-state index in [0.717, 1.165) is 5.56 Å². The van der Waals surface area contributed by atoms with Crippen LogP contribution in [0.15, 0.2) is 42.5 Å². The van der Waals surface area contributed by atoms with Crippen LogP contribution in [0.1, 0.15) is 11.1 Å². The van der Waals surface area contributed by atoms with Crippen molar-refractivity contribution >= 4 is 21.0 Å². The summed E-state index contributed by atoms with van der Waals surface area (Å²) in [5.74, 6) is -1.14. The van der Waals surface area contributed by atoms with Crippen molar-refractivity contribution in [3.63, 3.8) is 0 Å². The van der Waals surface area contributed by atoms with Gasteiger partial charge in [0.1, 0.15) is 0 Å². The Morgan fingerprint density at radius 2 is 1.65 bits per heavy atom. The minimum atomic E-state index is -0.584. The van der Waals surface area contributed by atoms with Gasteiger partial charge in [-0.25, -0.2) is 0 Å². The molecule has 0 aliphatic carbocycles. The molecule has 83 valence electrons. The Labute approximate surface area is 115 Å². The molecule has 0 saturated carbocycles. The first-order chi connectivity index (χ1) is 8.11. The van der Waals surface area contributed by atoms with Gasteiger partial charge in [-0.05, 0) is 0 Å². The van der Waals surface area contributed by atoms with E-state index in [1.807, 2.05) is 18.2 Å². The zero-order valence-corrected chi connectivity index (χ0v) is 11.1. The summed E-state index contributed by atoms with van der Waals surface area (Å²) in [6, 6.07) is 11.8. The predicted molar refractivity (Wildman–Crippen MR) is 63.2 cm³/mol. The molecule has 0 spiro atoms. The molecule has 0 nitrogen and oxygen atoms in total. The van der Waals surface area contributed by atoms with Gasteiger partial charge < -0.3 is 0 Å². The summed E-state index contributed by atoms with van der Waals surface area (Å²) in [5.41, 5.74) is 1.03. The monoisotopic (exact) mass is 281 g/mol. The number of thiocarbonyl (C=S) groups is 1. The van der Waals surface area contributed by atoms with Crippen LogP contribution in [0.25, 0.3) is 0 Å². The van der Waals surface area contributed by atoms with Crippen LogP contribution in [-0.4, -0.2) is 4.86 Å². The Morgan fingerprint density at radius 1 is 1.00 bits per heavy atom. The fourth-order valence-electron chi connectivity index (χ4n) is 1.47. The quantitative estimate of drug-likeness (QED) is 0.463. The molecule has 17 heavy (non-hydrogen) atoms. The van der Waals surface area contributed by atoms with Crippen molar-refractivity contribution in [2.75, 3.05) is 0 Å². The van der Waals surface area contributed by atoms with E-state index in [1.54, 1.807) is 12.1 Å². The Morgan fingerprint density at radius 3 is 2.29 bits per heavy atom. The van der Waals surface area contributed by atoms with Crippen molar-refractivity contribution < 1.29 is 29.2 Å². The summed E-state index contributed by atoms with van der Waals surface area (Å²) >= 11 is 6.62. The van der Waals surface area contributed by atoms with E-state index in [2.05, 4.69) is 0 Å². The number of halogens is 2. The molecule has 0 fully saturated rings. The molecule has 0 heterocycles. The third-order valence-electron chi connectivity index (χ3n) is 2.37. The van der Waals surface area contributed by atoms with Crippen molar-refractivity contribution in [2.24, 2.45) is 0 Å². The average Bonchev–Trinajstić information content (AvgIpc) is 2.36. The molecule has 2 aromatic rings. The maximum atomic E-state index is 13.9. The van der Waals surface area contributed by atoms with E-state index in [-0.39, 0.29) is 9.43 Å². The average molecular weight is 281 g/mol. The fraction of sp³-hybridized carbons (Fsp3) is 0. The van der Waals surface area contributed by atoms with Crippen LogP contribution in [0.2, 0.25) is 0 Å². The van der Waals surface area contributed by atoms with Gasteiger partial charge in [0.15, 0.2) is 0 Å². The maximum absolute atomic E-state index is 13.9. The standard InChI is InChI=1S/C13H7F2S.Ti/c14-10-6-7-11(12(15)8-10)13(16)9-4-2-1-3-5-9;/h1-7H;. The number of hydrogen-bond donors (Lipinski definition) is 0. The molecule has 0 atom stereocenters. The van der Waals surface area contributed by atoms with Crippen molar-refractivity contribution in [3.05, 3.63) is 65.2 Å². The molecule has 2 rings (SSSR count). The van der Waals surface area contributed by atoms with Gasteiger partial charge in [-0.1, -0.05) is 0 Å². The van der Waals surface area contributed by atoms with Gasteiger partial charge in [0, 0.05) is 0 Å². The molecule has 0 saturated heterocycles. The molecule has 4 heteroatoms. The number of hydrogen-bond acceptors (Lipinski definition) is 1. The summed E-state index contributed by atoms with van der Waals surface area (Å²) in [4.78, 5) is 0.395. The van der Waals surface area contributed by atoms with Crippen LogP contribution < -0.4 is 3.87 Å². The molecule has 0 radical (unpaired) electrons. The van der Waals surface area contributed by atoms with Gasteiger partial charge in [0.25, 0.3) is 0 Å². The third-order valence-corrected chi connectivity index (χ3v) is 3.54. The van der Waals surface area contributed by atoms with Gasteiger partial charge in [0.05, 0.1) is 0 Å². The third kappa shape index (κ3) is 2.52. The molecule has 0 amide bonds. The van der Waals surface area contributed by atoms with Crippen molar-refractivity contribution in [2.45, 2.75) is 0 Å². The summed E-state index contributed by atoms with van der Waals surface area (Å²) in [6.07, 6.45) is 0. The fourth-order valence-corrected chi connectivity index (χ4v) is 2.11. The van der Waals surface area contributed by atoms with Crippen LogP contribution in [-0.2, 0) is 20.4 Å². The number of benzene rings is 2. The van der Waals surface area contributed by atoms with Crippen LogP contribution in [0, 0.1) is 11.6 Å². The molecular formula is C13H7F2STi. The van der Waals surface area contributed by atoms with Gasteiger partial charge in [-0.2, -0.15) is 0 Å². The van der Waals surface area contributed by atoms with E-state index >= 15 is 0 Å². The zero-order valence-electron chi connectivity index (χ0n) is 8.71.